The predicted octanol–water partition coefficient (Wildman–Crippen LogP) is 3.42. The van der Waals surface area contributed by atoms with E-state index in [2.05, 4.69) is 20.6 Å². The van der Waals surface area contributed by atoms with Gasteiger partial charge in [-0.3, -0.25) is 4.99 Å². The number of halogens is 2. The summed E-state index contributed by atoms with van der Waals surface area (Å²) in [6.45, 7) is 5.37. The van der Waals surface area contributed by atoms with E-state index >= 15 is 0 Å². The number of nitrogens with zero attached hydrogens (tertiary/aromatic N) is 2. The molecule has 0 aliphatic carbocycles. The van der Waals surface area contributed by atoms with Crippen LogP contribution in [0.15, 0.2) is 29.4 Å². The van der Waals surface area contributed by atoms with E-state index in [0.717, 1.165) is 35.1 Å². The first-order valence-corrected chi connectivity index (χ1v) is 8.01. The Kier molecular flexibility index (Phi) is 8.46. The molecule has 0 aliphatic rings. The van der Waals surface area contributed by atoms with Crippen LogP contribution in [0, 0.1) is 19.7 Å². The first kappa shape index (κ1) is 19.8. The molecule has 0 radical (unpaired) electrons. The molecule has 0 atom stereocenters. The van der Waals surface area contributed by atoms with E-state index in [1.165, 1.54) is 10.9 Å². The second kappa shape index (κ2) is 9.82. The van der Waals surface area contributed by atoms with Crippen LogP contribution in [0.3, 0.4) is 0 Å². The Hall–Kier alpha value is -1.22. The van der Waals surface area contributed by atoms with Gasteiger partial charge in [0, 0.05) is 24.7 Å². The molecule has 126 valence electrons. The maximum atomic E-state index is 13.1. The number of guanidine groups is 1. The number of hydrogen-bond acceptors (Lipinski definition) is 3. The molecule has 0 spiro atoms. The molecule has 1 aromatic carbocycles. The third-order valence-corrected chi connectivity index (χ3v) is 4.23. The number of aryl methyl sites for hydroxylation is 2. The lowest BCUT2D eigenvalue weighted by Gasteiger charge is -2.12. The molecule has 23 heavy (non-hydrogen) atoms. The molecule has 0 unspecified atom stereocenters. The number of nitrogens with one attached hydrogen (secondary N) is 2. The fourth-order valence-corrected chi connectivity index (χ4v) is 2.87. The van der Waals surface area contributed by atoms with Crippen molar-refractivity contribution in [3.8, 4) is 0 Å². The zero-order valence-electron chi connectivity index (χ0n) is 13.5. The first-order valence-electron chi connectivity index (χ1n) is 7.19. The molecule has 0 amide bonds. The summed E-state index contributed by atoms with van der Waals surface area (Å²) in [5.41, 5.74) is 2.12. The van der Waals surface area contributed by atoms with Crippen molar-refractivity contribution in [3.63, 3.8) is 0 Å². The maximum absolute atomic E-state index is 13.1. The Morgan fingerprint density at radius 1 is 1.30 bits per heavy atom. The van der Waals surface area contributed by atoms with Gasteiger partial charge in [0.15, 0.2) is 5.96 Å². The zero-order chi connectivity index (χ0) is 15.9. The average molecular weight is 448 g/mol. The standard InChI is InChI=1S/C16H21FN4S.HI/c1-11-8-14(17)5-4-13(11)6-7-19-16(18-3)21-10-15-9-20-12(2)22-15;/h4-5,8-9H,6-7,10H2,1-3H3,(H2,18,19,21);1H. The van der Waals surface area contributed by atoms with Crippen molar-refractivity contribution < 1.29 is 4.39 Å². The Labute approximate surface area is 157 Å². The monoisotopic (exact) mass is 448 g/mol. The average Bonchev–Trinajstić information content (AvgIpc) is 2.90. The van der Waals surface area contributed by atoms with Gasteiger partial charge in [0.25, 0.3) is 0 Å². The summed E-state index contributed by atoms with van der Waals surface area (Å²) in [6.07, 6.45) is 2.70. The molecular weight excluding hydrogens is 426 g/mol. The molecule has 0 saturated carbocycles. The number of aromatic nitrogens is 1. The fraction of sp³-hybridized carbons (Fsp3) is 0.375. The second-order valence-corrected chi connectivity index (χ2v) is 6.34. The minimum atomic E-state index is -0.188. The fourth-order valence-electron chi connectivity index (χ4n) is 2.13. The quantitative estimate of drug-likeness (QED) is 0.419. The van der Waals surface area contributed by atoms with E-state index < -0.39 is 0 Å². The highest BCUT2D eigenvalue weighted by Crippen LogP contribution is 2.11. The molecule has 2 aromatic rings. The number of thiazole rings is 1. The van der Waals surface area contributed by atoms with E-state index in [-0.39, 0.29) is 29.8 Å². The van der Waals surface area contributed by atoms with Gasteiger partial charge in [-0.2, -0.15) is 0 Å². The van der Waals surface area contributed by atoms with Crippen molar-refractivity contribution in [2.45, 2.75) is 26.8 Å². The van der Waals surface area contributed by atoms with Gasteiger partial charge in [-0.05, 0) is 43.5 Å². The number of hydrogen-bond donors (Lipinski definition) is 2. The zero-order valence-corrected chi connectivity index (χ0v) is 16.7. The molecule has 1 heterocycles. The van der Waals surface area contributed by atoms with Gasteiger partial charge in [0.05, 0.1) is 11.6 Å². The van der Waals surface area contributed by atoms with Gasteiger partial charge in [0.1, 0.15) is 5.82 Å². The Bertz CT molecular complexity index is 657. The number of benzene rings is 1. The molecule has 1 aromatic heterocycles. The van der Waals surface area contributed by atoms with Crippen molar-refractivity contribution >= 4 is 41.3 Å². The predicted molar refractivity (Wildman–Crippen MR) is 105 cm³/mol. The molecule has 0 bridgehead atoms. The summed E-state index contributed by atoms with van der Waals surface area (Å²) in [4.78, 5) is 9.60. The van der Waals surface area contributed by atoms with Crippen LogP contribution in [0.5, 0.6) is 0 Å². The number of aliphatic imine (C=N–C) groups is 1. The topological polar surface area (TPSA) is 49.3 Å². The highest BCUT2D eigenvalue weighted by molar-refractivity contribution is 14.0. The summed E-state index contributed by atoms with van der Waals surface area (Å²) in [5.74, 6) is 0.567. The second-order valence-electron chi connectivity index (χ2n) is 5.02. The summed E-state index contributed by atoms with van der Waals surface area (Å²) in [6, 6.07) is 4.90. The van der Waals surface area contributed by atoms with Crippen LogP contribution in [0.25, 0.3) is 0 Å². The lowest BCUT2D eigenvalue weighted by Crippen LogP contribution is -2.37. The molecule has 0 saturated heterocycles. The van der Waals surface area contributed by atoms with Crippen molar-refractivity contribution in [1.82, 2.24) is 15.6 Å². The Morgan fingerprint density at radius 2 is 2.09 bits per heavy atom. The van der Waals surface area contributed by atoms with Gasteiger partial charge in [-0.15, -0.1) is 35.3 Å². The smallest absolute Gasteiger partial charge is 0.191 e. The molecule has 2 rings (SSSR count). The van der Waals surface area contributed by atoms with Crippen LogP contribution in [-0.2, 0) is 13.0 Å². The summed E-state index contributed by atoms with van der Waals surface area (Å²) in [7, 11) is 1.75. The summed E-state index contributed by atoms with van der Waals surface area (Å²) in [5, 5.41) is 7.59. The van der Waals surface area contributed by atoms with Crippen LogP contribution in [-0.4, -0.2) is 24.5 Å². The SMILES string of the molecule is CN=C(NCCc1ccc(F)cc1C)NCc1cnc(C)s1.I. The van der Waals surface area contributed by atoms with Crippen LogP contribution < -0.4 is 10.6 Å². The third kappa shape index (κ3) is 6.42. The molecule has 7 heteroatoms. The highest BCUT2D eigenvalue weighted by atomic mass is 127. The highest BCUT2D eigenvalue weighted by Gasteiger charge is 2.03. The van der Waals surface area contributed by atoms with Crippen LogP contribution in [0.2, 0.25) is 0 Å². The lowest BCUT2D eigenvalue weighted by molar-refractivity contribution is 0.625. The van der Waals surface area contributed by atoms with Crippen molar-refractivity contribution in [2.75, 3.05) is 13.6 Å². The normalized spacial score (nSPS) is 11.0. The minimum Gasteiger partial charge on any atom is -0.356 e. The van der Waals surface area contributed by atoms with E-state index in [1.807, 2.05) is 26.1 Å². The summed E-state index contributed by atoms with van der Waals surface area (Å²) >= 11 is 1.67. The molecule has 0 aliphatic heterocycles. The molecule has 2 N–H and O–H groups in total. The van der Waals surface area contributed by atoms with Crippen LogP contribution >= 0.6 is 35.3 Å². The number of rotatable bonds is 5. The van der Waals surface area contributed by atoms with Crippen LogP contribution in [0.1, 0.15) is 21.0 Å². The summed E-state index contributed by atoms with van der Waals surface area (Å²) < 4.78 is 13.1. The van der Waals surface area contributed by atoms with E-state index in [4.69, 9.17) is 0 Å². The van der Waals surface area contributed by atoms with Gasteiger partial charge in [-0.25, -0.2) is 9.37 Å². The van der Waals surface area contributed by atoms with Gasteiger partial charge >= 0.3 is 0 Å². The third-order valence-electron chi connectivity index (χ3n) is 3.31. The van der Waals surface area contributed by atoms with Crippen LogP contribution in [0.4, 0.5) is 4.39 Å². The Morgan fingerprint density at radius 3 is 2.70 bits per heavy atom. The largest absolute Gasteiger partial charge is 0.356 e. The lowest BCUT2D eigenvalue weighted by atomic mass is 10.1. The van der Waals surface area contributed by atoms with Gasteiger partial charge in [-0.1, -0.05) is 6.07 Å². The minimum absolute atomic E-state index is 0. The molecule has 0 fully saturated rings. The van der Waals surface area contributed by atoms with Crippen molar-refractivity contribution in [3.05, 3.63) is 51.2 Å². The first-order chi connectivity index (χ1) is 10.6. The van der Waals surface area contributed by atoms with E-state index in [0.29, 0.717) is 6.54 Å². The van der Waals surface area contributed by atoms with E-state index in [9.17, 15) is 4.39 Å². The molecule has 4 nitrogen and oxygen atoms in total. The van der Waals surface area contributed by atoms with Gasteiger partial charge in [0.2, 0.25) is 0 Å². The van der Waals surface area contributed by atoms with Crippen molar-refractivity contribution in [2.24, 2.45) is 4.99 Å². The van der Waals surface area contributed by atoms with Crippen molar-refractivity contribution in [1.29, 1.82) is 0 Å². The van der Waals surface area contributed by atoms with E-state index in [1.54, 1.807) is 24.5 Å². The maximum Gasteiger partial charge on any atom is 0.191 e. The molecular formula is C16H22FIN4S. The van der Waals surface area contributed by atoms with Gasteiger partial charge < -0.3 is 10.6 Å². The Balaban J connectivity index is 0.00000264.